The highest BCUT2D eigenvalue weighted by molar-refractivity contribution is 7.89. The smallest absolute Gasteiger partial charge is 0.243 e. The van der Waals surface area contributed by atoms with E-state index in [0.717, 1.165) is 5.69 Å². The van der Waals surface area contributed by atoms with Crippen LogP contribution in [0.2, 0.25) is 0 Å². The Bertz CT molecular complexity index is 794. The van der Waals surface area contributed by atoms with Gasteiger partial charge in [0.2, 0.25) is 20.0 Å². The van der Waals surface area contributed by atoms with Crippen LogP contribution in [0.25, 0.3) is 0 Å². The fraction of sp³-hybridized carbons (Fsp3) is 0.600. The topological polar surface area (TPSA) is 87.2 Å². The number of rotatable bonds is 4. The van der Waals surface area contributed by atoms with Gasteiger partial charge >= 0.3 is 0 Å². The minimum Gasteiger partial charge on any atom is -0.379 e. The maximum atomic E-state index is 12.6. The molecule has 140 valence electrons. The number of anilines is 1. The van der Waals surface area contributed by atoms with E-state index in [-0.39, 0.29) is 4.90 Å². The standard InChI is InChI=1S/C15H23N3O5S2/c1-24(19,20)17-8-6-16(7-9-17)14-2-4-15(5-3-14)25(21,22)18-10-12-23-13-11-18/h2-5H,6-13H2,1H3. The lowest BCUT2D eigenvalue weighted by Gasteiger charge is -2.34. The largest absolute Gasteiger partial charge is 0.379 e. The number of hydrogen-bond acceptors (Lipinski definition) is 6. The average molecular weight is 389 g/mol. The molecule has 2 aliphatic heterocycles. The molecule has 1 aromatic rings. The molecule has 2 aliphatic rings. The molecule has 0 spiro atoms. The Morgan fingerprint density at radius 2 is 1.36 bits per heavy atom. The van der Waals surface area contributed by atoms with Crippen LogP contribution in [0.1, 0.15) is 0 Å². The third-order valence-corrected chi connectivity index (χ3v) is 7.73. The van der Waals surface area contributed by atoms with Gasteiger partial charge in [-0.15, -0.1) is 0 Å². The van der Waals surface area contributed by atoms with E-state index in [1.54, 1.807) is 24.3 Å². The van der Waals surface area contributed by atoms with E-state index in [4.69, 9.17) is 4.74 Å². The second-order valence-electron chi connectivity index (χ2n) is 6.16. The SMILES string of the molecule is CS(=O)(=O)N1CCN(c2ccc(S(=O)(=O)N3CCOCC3)cc2)CC1. The molecule has 0 unspecified atom stereocenters. The van der Waals surface area contributed by atoms with Gasteiger partial charge in [0.1, 0.15) is 0 Å². The minimum atomic E-state index is -3.49. The molecule has 0 amide bonds. The van der Waals surface area contributed by atoms with Crippen molar-refractivity contribution >= 4 is 25.7 Å². The molecule has 2 saturated heterocycles. The van der Waals surface area contributed by atoms with E-state index in [2.05, 4.69) is 4.90 Å². The zero-order chi connectivity index (χ0) is 18.1. The van der Waals surface area contributed by atoms with Crippen LogP contribution < -0.4 is 4.90 Å². The highest BCUT2D eigenvalue weighted by Crippen LogP contribution is 2.22. The number of nitrogens with zero attached hydrogens (tertiary/aromatic N) is 3. The molecule has 0 bridgehead atoms. The molecule has 0 radical (unpaired) electrons. The number of sulfonamides is 2. The second-order valence-corrected chi connectivity index (χ2v) is 10.1. The van der Waals surface area contributed by atoms with Crippen molar-refractivity contribution in [3.05, 3.63) is 24.3 Å². The van der Waals surface area contributed by atoms with Gasteiger partial charge in [-0.2, -0.15) is 8.61 Å². The lowest BCUT2D eigenvalue weighted by Crippen LogP contribution is -2.48. The molecule has 0 aromatic heterocycles. The summed E-state index contributed by atoms with van der Waals surface area (Å²) < 4.78 is 56.4. The normalized spacial score (nSPS) is 21.4. The van der Waals surface area contributed by atoms with Gasteiger partial charge in [-0.25, -0.2) is 16.8 Å². The van der Waals surface area contributed by atoms with Crippen molar-refractivity contribution in [2.24, 2.45) is 0 Å². The molecule has 2 fully saturated rings. The monoisotopic (exact) mass is 389 g/mol. The number of hydrogen-bond donors (Lipinski definition) is 0. The van der Waals surface area contributed by atoms with Crippen molar-refractivity contribution in [3.8, 4) is 0 Å². The predicted molar refractivity (Wildman–Crippen MR) is 94.6 cm³/mol. The highest BCUT2D eigenvalue weighted by Gasteiger charge is 2.27. The number of piperazine rings is 1. The fourth-order valence-electron chi connectivity index (χ4n) is 3.04. The lowest BCUT2D eigenvalue weighted by molar-refractivity contribution is 0.0730. The molecule has 0 aliphatic carbocycles. The molecular formula is C15H23N3O5S2. The van der Waals surface area contributed by atoms with Gasteiger partial charge in [0, 0.05) is 45.0 Å². The molecule has 2 heterocycles. The summed E-state index contributed by atoms with van der Waals surface area (Å²) in [5, 5.41) is 0. The van der Waals surface area contributed by atoms with E-state index < -0.39 is 20.0 Å². The van der Waals surface area contributed by atoms with E-state index in [0.29, 0.717) is 52.5 Å². The number of ether oxygens (including phenoxy) is 1. The fourth-order valence-corrected chi connectivity index (χ4v) is 5.28. The third-order valence-electron chi connectivity index (χ3n) is 4.52. The highest BCUT2D eigenvalue weighted by atomic mass is 32.2. The van der Waals surface area contributed by atoms with Crippen molar-refractivity contribution in [1.82, 2.24) is 8.61 Å². The number of benzene rings is 1. The molecule has 25 heavy (non-hydrogen) atoms. The molecule has 1 aromatic carbocycles. The van der Waals surface area contributed by atoms with Gasteiger partial charge in [-0.05, 0) is 24.3 Å². The summed E-state index contributed by atoms with van der Waals surface area (Å²) >= 11 is 0. The van der Waals surface area contributed by atoms with Crippen LogP contribution in [0.5, 0.6) is 0 Å². The second kappa shape index (κ2) is 7.20. The Morgan fingerprint density at radius 3 is 1.88 bits per heavy atom. The zero-order valence-electron chi connectivity index (χ0n) is 14.2. The molecule has 10 heteroatoms. The zero-order valence-corrected chi connectivity index (χ0v) is 15.8. The summed E-state index contributed by atoms with van der Waals surface area (Å²) in [6, 6.07) is 6.79. The van der Waals surface area contributed by atoms with Crippen LogP contribution in [-0.2, 0) is 24.8 Å². The molecule has 0 N–H and O–H groups in total. The van der Waals surface area contributed by atoms with E-state index in [1.165, 1.54) is 14.9 Å². The molecule has 0 saturated carbocycles. The van der Waals surface area contributed by atoms with Gasteiger partial charge in [-0.1, -0.05) is 0 Å². The van der Waals surface area contributed by atoms with E-state index in [9.17, 15) is 16.8 Å². The Labute approximate surface area is 149 Å². The quantitative estimate of drug-likeness (QED) is 0.708. The summed E-state index contributed by atoms with van der Waals surface area (Å²) in [5.74, 6) is 0. The molecular weight excluding hydrogens is 366 g/mol. The first-order valence-electron chi connectivity index (χ1n) is 8.16. The summed E-state index contributed by atoms with van der Waals surface area (Å²) in [6.07, 6.45) is 1.22. The van der Waals surface area contributed by atoms with Crippen LogP contribution in [0.15, 0.2) is 29.2 Å². The summed E-state index contributed by atoms with van der Waals surface area (Å²) in [5.41, 5.74) is 0.897. The average Bonchev–Trinajstić information content (AvgIpc) is 2.62. The van der Waals surface area contributed by atoms with Crippen molar-refractivity contribution in [2.75, 3.05) is 63.6 Å². The Kier molecular flexibility index (Phi) is 5.35. The van der Waals surface area contributed by atoms with Crippen molar-refractivity contribution in [3.63, 3.8) is 0 Å². The van der Waals surface area contributed by atoms with Gasteiger partial charge in [0.05, 0.1) is 24.4 Å². The first-order valence-corrected chi connectivity index (χ1v) is 11.5. The van der Waals surface area contributed by atoms with Crippen molar-refractivity contribution in [1.29, 1.82) is 0 Å². The van der Waals surface area contributed by atoms with Crippen LogP contribution >= 0.6 is 0 Å². The Hall–Kier alpha value is -1.20. The summed E-state index contributed by atoms with van der Waals surface area (Å²) in [4.78, 5) is 2.33. The van der Waals surface area contributed by atoms with Crippen LogP contribution in [0.3, 0.4) is 0 Å². The van der Waals surface area contributed by atoms with Crippen LogP contribution in [0, 0.1) is 0 Å². The summed E-state index contributed by atoms with van der Waals surface area (Å²) in [7, 11) is -6.65. The van der Waals surface area contributed by atoms with Gasteiger partial charge in [0.25, 0.3) is 0 Å². The number of morpholine rings is 1. The maximum absolute atomic E-state index is 12.6. The first kappa shape index (κ1) is 18.6. The van der Waals surface area contributed by atoms with Gasteiger partial charge in [-0.3, -0.25) is 0 Å². The van der Waals surface area contributed by atoms with Crippen LogP contribution in [-0.4, -0.2) is 84.2 Å². The van der Waals surface area contributed by atoms with Gasteiger partial charge in [0.15, 0.2) is 0 Å². The van der Waals surface area contributed by atoms with E-state index in [1.807, 2.05) is 0 Å². The molecule has 0 atom stereocenters. The maximum Gasteiger partial charge on any atom is 0.243 e. The Morgan fingerprint density at radius 1 is 0.800 bits per heavy atom. The molecule has 8 nitrogen and oxygen atoms in total. The lowest BCUT2D eigenvalue weighted by atomic mass is 10.2. The van der Waals surface area contributed by atoms with Crippen molar-refractivity contribution < 1.29 is 21.6 Å². The van der Waals surface area contributed by atoms with Gasteiger partial charge < -0.3 is 9.64 Å². The minimum absolute atomic E-state index is 0.271. The Balaban J connectivity index is 1.69. The third kappa shape index (κ3) is 4.14. The molecule has 3 rings (SSSR count). The van der Waals surface area contributed by atoms with E-state index >= 15 is 0 Å². The van der Waals surface area contributed by atoms with Crippen molar-refractivity contribution in [2.45, 2.75) is 4.90 Å². The first-order chi connectivity index (χ1) is 11.8. The predicted octanol–water partition coefficient (Wildman–Crippen LogP) is -0.211. The summed E-state index contributed by atoms with van der Waals surface area (Å²) in [6.45, 7) is 3.63. The van der Waals surface area contributed by atoms with Crippen LogP contribution in [0.4, 0.5) is 5.69 Å².